The van der Waals surface area contributed by atoms with Crippen molar-refractivity contribution >= 4 is 22.8 Å². The second kappa shape index (κ2) is 10.1. The van der Waals surface area contributed by atoms with Crippen molar-refractivity contribution in [2.45, 2.75) is 6.92 Å². The lowest BCUT2D eigenvalue weighted by molar-refractivity contribution is 0.0388. The second-order valence-electron chi connectivity index (χ2n) is 8.45. The standard InChI is InChI=1S/C27H29N5O2/c1-20-29-25-19-22(9-12-26(25)32(20)24-5-3-2-4-6-24)21-7-10-23(11-8-21)30-27(33)28-13-14-31-15-17-34-18-16-31/h2-12,19H,13-18H2,1H3,(H2,28,30,33). The number of fused-ring (bicyclic) bond motifs is 1. The van der Waals surface area contributed by atoms with E-state index in [4.69, 9.17) is 9.72 Å². The fourth-order valence-electron chi connectivity index (χ4n) is 4.36. The van der Waals surface area contributed by atoms with E-state index in [1.807, 2.05) is 49.4 Å². The molecule has 174 valence electrons. The number of nitrogens with zero attached hydrogens (tertiary/aromatic N) is 3. The van der Waals surface area contributed by atoms with Gasteiger partial charge in [0.15, 0.2) is 0 Å². The van der Waals surface area contributed by atoms with E-state index in [2.05, 4.69) is 50.4 Å². The van der Waals surface area contributed by atoms with E-state index >= 15 is 0 Å². The Morgan fingerprint density at radius 2 is 1.71 bits per heavy atom. The Bertz CT molecular complexity index is 1260. The molecule has 2 heterocycles. The van der Waals surface area contributed by atoms with Crippen molar-refractivity contribution < 1.29 is 9.53 Å². The first kappa shape index (κ1) is 22.1. The predicted molar refractivity (Wildman–Crippen MR) is 136 cm³/mol. The molecule has 1 aromatic heterocycles. The number of urea groups is 1. The molecular formula is C27H29N5O2. The van der Waals surface area contributed by atoms with Crippen molar-refractivity contribution in [3.05, 3.63) is 78.6 Å². The van der Waals surface area contributed by atoms with Gasteiger partial charge in [0.1, 0.15) is 5.82 Å². The van der Waals surface area contributed by atoms with Crippen LogP contribution in [0.2, 0.25) is 0 Å². The lowest BCUT2D eigenvalue weighted by Gasteiger charge is -2.26. The fourth-order valence-corrected chi connectivity index (χ4v) is 4.36. The molecule has 7 heteroatoms. The van der Waals surface area contributed by atoms with Crippen LogP contribution in [0.15, 0.2) is 72.8 Å². The molecule has 2 amide bonds. The number of carbonyl (C=O) groups is 1. The monoisotopic (exact) mass is 455 g/mol. The van der Waals surface area contributed by atoms with E-state index in [-0.39, 0.29) is 6.03 Å². The lowest BCUT2D eigenvalue weighted by Crippen LogP contribution is -2.42. The number of para-hydroxylation sites is 1. The number of aryl methyl sites for hydroxylation is 1. The first-order valence-corrected chi connectivity index (χ1v) is 11.7. The Balaban J connectivity index is 1.23. The predicted octanol–water partition coefficient (Wildman–Crippen LogP) is 4.45. The van der Waals surface area contributed by atoms with Crippen LogP contribution in [0, 0.1) is 6.92 Å². The van der Waals surface area contributed by atoms with Crippen molar-refractivity contribution in [2.24, 2.45) is 0 Å². The Morgan fingerprint density at radius 3 is 2.47 bits per heavy atom. The van der Waals surface area contributed by atoms with Crippen LogP contribution in [-0.2, 0) is 4.74 Å². The Morgan fingerprint density at radius 1 is 0.971 bits per heavy atom. The van der Waals surface area contributed by atoms with E-state index < -0.39 is 0 Å². The van der Waals surface area contributed by atoms with Crippen molar-refractivity contribution in [1.82, 2.24) is 19.8 Å². The highest BCUT2D eigenvalue weighted by molar-refractivity contribution is 5.90. The molecular weight excluding hydrogens is 426 g/mol. The molecule has 1 aliphatic rings. The smallest absolute Gasteiger partial charge is 0.319 e. The quantitative estimate of drug-likeness (QED) is 0.451. The van der Waals surface area contributed by atoms with Crippen LogP contribution in [-0.4, -0.2) is 59.9 Å². The Hall–Kier alpha value is -3.68. The average Bonchev–Trinajstić information content (AvgIpc) is 3.20. The summed E-state index contributed by atoms with van der Waals surface area (Å²) >= 11 is 0. The molecule has 4 aromatic rings. The summed E-state index contributed by atoms with van der Waals surface area (Å²) in [6, 6.07) is 24.3. The van der Waals surface area contributed by atoms with Gasteiger partial charge in [0.2, 0.25) is 0 Å². The van der Waals surface area contributed by atoms with Gasteiger partial charge in [-0.1, -0.05) is 36.4 Å². The zero-order valence-electron chi connectivity index (χ0n) is 19.3. The van der Waals surface area contributed by atoms with Crippen molar-refractivity contribution in [1.29, 1.82) is 0 Å². The molecule has 0 aliphatic carbocycles. The van der Waals surface area contributed by atoms with E-state index in [1.54, 1.807) is 0 Å². The summed E-state index contributed by atoms with van der Waals surface area (Å²) in [7, 11) is 0. The number of morpholine rings is 1. The molecule has 2 N–H and O–H groups in total. The molecule has 0 saturated carbocycles. The topological polar surface area (TPSA) is 71.4 Å². The molecule has 7 nitrogen and oxygen atoms in total. The zero-order chi connectivity index (χ0) is 23.3. The number of rotatable bonds is 6. The van der Waals surface area contributed by atoms with Crippen LogP contribution in [0.5, 0.6) is 0 Å². The highest BCUT2D eigenvalue weighted by Crippen LogP contribution is 2.28. The number of hydrogen-bond acceptors (Lipinski definition) is 4. The fraction of sp³-hybridized carbons (Fsp3) is 0.259. The highest BCUT2D eigenvalue weighted by atomic mass is 16.5. The molecule has 1 fully saturated rings. The number of hydrogen-bond donors (Lipinski definition) is 2. The van der Waals surface area contributed by atoms with Crippen LogP contribution >= 0.6 is 0 Å². The van der Waals surface area contributed by atoms with E-state index in [1.165, 1.54) is 0 Å². The number of amides is 2. The molecule has 3 aromatic carbocycles. The number of ether oxygens (including phenoxy) is 1. The number of carbonyl (C=O) groups excluding carboxylic acids is 1. The van der Waals surface area contributed by atoms with E-state index in [0.29, 0.717) is 6.54 Å². The van der Waals surface area contributed by atoms with Gasteiger partial charge in [0.25, 0.3) is 0 Å². The van der Waals surface area contributed by atoms with Crippen molar-refractivity contribution in [2.75, 3.05) is 44.7 Å². The van der Waals surface area contributed by atoms with E-state index in [0.717, 1.165) is 72.2 Å². The highest BCUT2D eigenvalue weighted by Gasteiger charge is 2.12. The molecule has 0 bridgehead atoms. The number of benzene rings is 3. The average molecular weight is 456 g/mol. The van der Waals surface area contributed by atoms with Gasteiger partial charge in [-0.25, -0.2) is 9.78 Å². The normalized spacial score (nSPS) is 14.3. The van der Waals surface area contributed by atoms with Gasteiger partial charge in [-0.2, -0.15) is 0 Å². The first-order valence-electron chi connectivity index (χ1n) is 11.7. The number of anilines is 1. The number of nitrogens with one attached hydrogen (secondary N) is 2. The summed E-state index contributed by atoms with van der Waals surface area (Å²) in [5, 5.41) is 5.83. The second-order valence-corrected chi connectivity index (χ2v) is 8.45. The van der Waals surface area contributed by atoms with Gasteiger partial charge in [0, 0.05) is 37.6 Å². The van der Waals surface area contributed by atoms with Crippen LogP contribution < -0.4 is 10.6 Å². The molecule has 0 radical (unpaired) electrons. The third kappa shape index (κ3) is 4.95. The minimum atomic E-state index is -0.190. The maximum absolute atomic E-state index is 12.2. The van der Waals surface area contributed by atoms with Crippen LogP contribution in [0.25, 0.3) is 27.8 Å². The molecule has 1 aliphatic heterocycles. The van der Waals surface area contributed by atoms with Gasteiger partial charge in [-0.15, -0.1) is 0 Å². The minimum absolute atomic E-state index is 0.190. The Labute approximate surface area is 199 Å². The molecule has 1 saturated heterocycles. The zero-order valence-corrected chi connectivity index (χ0v) is 19.3. The molecule has 34 heavy (non-hydrogen) atoms. The maximum atomic E-state index is 12.2. The largest absolute Gasteiger partial charge is 0.379 e. The summed E-state index contributed by atoms with van der Waals surface area (Å²) in [6.45, 7) is 6.83. The summed E-state index contributed by atoms with van der Waals surface area (Å²) < 4.78 is 7.52. The molecule has 0 atom stereocenters. The van der Waals surface area contributed by atoms with E-state index in [9.17, 15) is 4.79 Å². The van der Waals surface area contributed by atoms with Gasteiger partial charge in [0.05, 0.1) is 24.2 Å². The summed E-state index contributed by atoms with van der Waals surface area (Å²) in [4.78, 5) is 19.3. The summed E-state index contributed by atoms with van der Waals surface area (Å²) in [6.07, 6.45) is 0. The number of imidazole rings is 1. The summed E-state index contributed by atoms with van der Waals surface area (Å²) in [5.41, 5.74) is 6.07. The third-order valence-corrected chi connectivity index (χ3v) is 6.13. The van der Waals surface area contributed by atoms with Gasteiger partial charge < -0.3 is 15.4 Å². The Kier molecular flexibility index (Phi) is 6.56. The molecule has 0 unspecified atom stereocenters. The van der Waals surface area contributed by atoms with Gasteiger partial charge >= 0.3 is 6.03 Å². The minimum Gasteiger partial charge on any atom is -0.379 e. The molecule has 0 spiro atoms. The van der Waals surface area contributed by atoms with Crippen LogP contribution in [0.3, 0.4) is 0 Å². The van der Waals surface area contributed by atoms with Crippen LogP contribution in [0.4, 0.5) is 10.5 Å². The number of aromatic nitrogens is 2. The van der Waals surface area contributed by atoms with Crippen LogP contribution in [0.1, 0.15) is 5.82 Å². The van der Waals surface area contributed by atoms with Crippen molar-refractivity contribution in [3.63, 3.8) is 0 Å². The molecule has 5 rings (SSSR count). The van der Waals surface area contributed by atoms with Gasteiger partial charge in [-0.05, 0) is 54.4 Å². The van der Waals surface area contributed by atoms with Crippen molar-refractivity contribution in [3.8, 4) is 16.8 Å². The first-order chi connectivity index (χ1) is 16.7. The third-order valence-electron chi connectivity index (χ3n) is 6.13. The maximum Gasteiger partial charge on any atom is 0.319 e. The SMILES string of the molecule is Cc1nc2cc(-c3ccc(NC(=O)NCCN4CCOCC4)cc3)ccc2n1-c1ccccc1. The summed E-state index contributed by atoms with van der Waals surface area (Å²) in [5.74, 6) is 0.956. The lowest BCUT2D eigenvalue weighted by atomic mass is 10.0. The van der Waals surface area contributed by atoms with Gasteiger partial charge in [-0.3, -0.25) is 9.47 Å².